The van der Waals surface area contributed by atoms with Crippen molar-refractivity contribution in [2.45, 2.75) is 52.0 Å². The maximum atomic E-state index is 12.8. The summed E-state index contributed by atoms with van der Waals surface area (Å²) in [6, 6.07) is 14.9. The van der Waals surface area contributed by atoms with Crippen LogP contribution in [0, 0.1) is 0 Å². The SMILES string of the molecule is CCOc1ccc(N=c2scc(-c3ccc(S(=O)(=O)N(CC)CC)cc3)n2C(C)(C)C)cc1. The molecule has 3 rings (SSSR count). The van der Waals surface area contributed by atoms with Gasteiger partial charge in [-0.3, -0.25) is 0 Å². The smallest absolute Gasteiger partial charge is 0.243 e. The van der Waals surface area contributed by atoms with Gasteiger partial charge in [0.1, 0.15) is 5.75 Å². The van der Waals surface area contributed by atoms with Gasteiger partial charge in [0.15, 0.2) is 4.80 Å². The molecule has 0 atom stereocenters. The summed E-state index contributed by atoms with van der Waals surface area (Å²) < 4.78 is 34.9. The molecule has 3 aromatic rings. The molecule has 0 saturated heterocycles. The maximum Gasteiger partial charge on any atom is 0.243 e. The molecule has 0 radical (unpaired) electrons. The largest absolute Gasteiger partial charge is 0.494 e. The highest BCUT2D eigenvalue weighted by Gasteiger charge is 2.23. The lowest BCUT2D eigenvalue weighted by atomic mass is 10.1. The summed E-state index contributed by atoms with van der Waals surface area (Å²) in [5.74, 6) is 0.826. The van der Waals surface area contributed by atoms with Crippen molar-refractivity contribution in [1.29, 1.82) is 0 Å². The Balaban J connectivity index is 2.04. The standard InChI is InChI=1S/C25H33N3O3S2/c1-7-27(8-2)33(29,30)22-16-10-19(11-17-22)23-18-32-24(28(23)25(4,5)6)26-20-12-14-21(15-13-20)31-9-3/h10-18H,7-9H2,1-6H3. The summed E-state index contributed by atoms with van der Waals surface area (Å²) in [6.07, 6.45) is 0. The van der Waals surface area contributed by atoms with E-state index >= 15 is 0 Å². The van der Waals surface area contributed by atoms with E-state index in [4.69, 9.17) is 9.73 Å². The third kappa shape index (κ3) is 5.57. The lowest BCUT2D eigenvalue weighted by Crippen LogP contribution is -2.31. The minimum atomic E-state index is -3.48. The second-order valence-electron chi connectivity index (χ2n) is 8.56. The highest BCUT2D eigenvalue weighted by atomic mass is 32.2. The van der Waals surface area contributed by atoms with Gasteiger partial charge in [0, 0.05) is 24.0 Å². The zero-order valence-corrected chi connectivity index (χ0v) is 21.8. The Hall–Kier alpha value is -2.42. The van der Waals surface area contributed by atoms with E-state index in [1.807, 2.05) is 57.2 Å². The number of hydrogen-bond acceptors (Lipinski definition) is 5. The zero-order valence-electron chi connectivity index (χ0n) is 20.2. The van der Waals surface area contributed by atoms with Gasteiger partial charge in [0.2, 0.25) is 10.0 Å². The Morgan fingerprint density at radius 2 is 1.58 bits per heavy atom. The summed E-state index contributed by atoms with van der Waals surface area (Å²) in [5.41, 5.74) is 2.59. The lowest BCUT2D eigenvalue weighted by molar-refractivity contribution is 0.340. The Morgan fingerprint density at radius 1 is 0.970 bits per heavy atom. The summed E-state index contributed by atoms with van der Waals surface area (Å²) in [4.78, 5) is 6.07. The maximum absolute atomic E-state index is 12.8. The summed E-state index contributed by atoms with van der Waals surface area (Å²) in [6.45, 7) is 13.6. The zero-order chi connectivity index (χ0) is 24.2. The van der Waals surface area contributed by atoms with Gasteiger partial charge in [-0.15, -0.1) is 11.3 Å². The molecule has 0 fully saturated rings. The normalized spacial score (nSPS) is 13.0. The molecule has 8 heteroatoms. The third-order valence-electron chi connectivity index (χ3n) is 5.24. The van der Waals surface area contributed by atoms with E-state index in [1.54, 1.807) is 23.5 Å². The van der Waals surface area contributed by atoms with E-state index in [-0.39, 0.29) is 5.54 Å². The average molecular weight is 488 g/mol. The Morgan fingerprint density at radius 3 is 2.09 bits per heavy atom. The highest BCUT2D eigenvalue weighted by Crippen LogP contribution is 2.28. The number of rotatable bonds is 8. The van der Waals surface area contributed by atoms with Gasteiger partial charge < -0.3 is 9.30 Å². The van der Waals surface area contributed by atoms with E-state index in [0.717, 1.165) is 27.5 Å². The minimum absolute atomic E-state index is 0.217. The molecule has 2 aromatic carbocycles. The van der Waals surface area contributed by atoms with Crippen LogP contribution in [0.3, 0.4) is 0 Å². The van der Waals surface area contributed by atoms with E-state index in [2.05, 4.69) is 30.7 Å². The Bertz CT molecular complexity index is 1230. The second kappa shape index (κ2) is 10.2. The molecular weight excluding hydrogens is 454 g/mol. The van der Waals surface area contributed by atoms with Crippen molar-refractivity contribution in [2.24, 2.45) is 4.99 Å². The van der Waals surface area contributed by atoms with Crippen molar-refractivity contribution in [2.75, 3.05) is 19.7 Å². The van der Waals surface area contributed by atoms with Crippen molar-refractivity contribution >= 4 is 27.0 Å². The molecular formula is C25H33N3O3S2. The van der Waals surface area contributed by atoms with E-state index in [9.17, 15) is 8.42 Å². The van der Waals surface area contributed by atoms with Crippen LogP contribution in [0.4, 0.5) is 5.69 Å². The lowest BCUT2D eigenvalue weighted by Gasteiger charge is -2.24. The van der Waals surface area contributed by atoms with Crippen molar-refractivity contribution in [3.63, 3.8) is 0 Å². The van der Waals surface area contributed by atoms with Crippen LogP contribution in [0.2, 0.25) is 0 Å². The van der Waals surface area contributed by atoms with Crippen LogP contribution >= 0.6 is 11.3 Å². The molecule has 1 heterocycles. The van der Waals surface area contributed by atoms with Gasteiger partial charge >= 0.3 is 0 Å². The number of sulfonamides is 1. The Kier molecular flexibility index (Phi) is 7.82. The summed E-state index contributed by atoms with van der Waals surface area (Å²) in [7, 11) is -3.48. The summed E-state index contributed by atoms with van der Waals surface area (Å²) in [5, 5.41) is 2.08. The molecule has 0 N–H and O–H groups in total. The number of ether oxygens (including phenoxy) is 1. The van der Waals surface area contributed by atoms with Crippen molar-refractivity contribution in [3.05, 3.63) is 58.7 Å². The van der Waals surface area contributed by atoms with E-state index < -0.39 is 10.0 Å². The molecule has 0 aliphatic heterocycles. The quantitative estimate of drug-likeness (QED) is 0.413. The molecule has 0 aliphatic rings. The van der Waals surface area contributed by atoms with Crippen molar-refractivity contribution < 1.29 is 13.2 Å². The fraction of sp³-hybridized carbons (Fsp3) is 0.400. The Labute approximate surface area is 201 Å². The molecule has 0 unspecified atom stereocenters. The number of nitrogens with zero attached hydrogens (tertiary/aromatic N) is 3. The first-order chi connectivity index (χ1) is 15.6. The minimum Gasteiger partial charge on any atom is -0.494 e. The van der Waals surface area contributed by atoms with Crippen LogP contribution in [0.25, 0.3) is 11.3 Å². The first kappa shape index (κ1) is 25.2. The van der Waals surface area contributed by atoms with Crippen LogP contribution in [0.5, 0.6) is 5.75 Å². The summed E-state index contributed by atoms with van der Waals surface area (Å²) >= 11 is 1.57. The van der Waals surface area contributed by atoms with Crippen LogP contribution in [0.15, 0.2) is 63.8 Å². The fourth-order valence-corrected chi connectivity index (χ4v) is 6.20. The van der Waals surface area contributed by atoms with Gasteiger partial charge in [0.05, 0.1) is 22.9 Å². The van der Waals surface area contributed by atoms with E-state index in [1.165, 1.54) is 4.31 Å². The first-order valence-corrected chi connectivity index (χ1v) is 13.5. The van der Waals surface area contributed by atoms with Gasteiger partial charge in [-0.1, -0.05) is 26.0 Å². The number of aromatic nitrogens is 1. The second-order valence-corrected chi connectivity index (χ2v) is 11.3. The number of hydrogen-bond donors (Lipinski definition) is 0. The topological polar surface area (TPSA) is 63.9 Å². The predicted molar refractivity (Wildman–Crippen MR) is 136 cm³/mol. The molecule has 0 spiro atoms. The monoisotopic (exact) mass is 487 g/mol. The molecule has 0 amide bonds. The van der Waals surface area contributed by atoms with Crippen molar-refractivity contribution in [1.82, 2.24) is 8.87 Å². The highest BCUT2D eigenvalue weighted by molar-refractivity contribution is 7.89. The van der Waals surface area contributed by atoms with Crippen molar-refractivity contribution in [3.8, 4) is 17.0 Å². The van der Waals surface area contributed by atoms with E-state index in [0.29, 0.717) is 24.6 Å². The first-order valence-electron chi connectivity index (χ1n) is 11.2. The van der Waals surface area contributed by atoms with Gasteiger partial charge in [-0.25, -0.2) is 13.4 Å². The van der Waals surface area contributed by atoms with Crippen LogP contribution in [-0.2, 0) is 15.6 Å². The van der Waals surface area contributed by atoms with Gasteiger partial charge in [-0.05, 0) is 69.7 Å². The molecule has 6 nitrogen and oxygen atoms in total. The van der Waals surface area contributed by atoms with Crippen LogP contribution in [-0.4, -0.2) is 37.0 Å². The third-order valence-corrected chi connectivity index (χ3v) is 8.13. The predicted octanol–water partition coefficient (Wildman–Crippen LogP) is 5.63. The molecule has 1 aromatic heterocycles. The molecule has 33 heavy (non-hydrogen) atoms. The fourth-order valence-electron chi connectivity index (χ4n) is 3.64. The van der Waals surface area contributed by atoms with Crippen LogP contribution in [0.1, 0.15) is 41.5 Å². The van der Waals surface area contributed by atoms with Crippen LogP contribution < -0.4 is 9.54 Å². The van der Waals surface area contributed by atoms with Gasteiger partial charge in [-0.2, -0.15) is 4.31 Å². The average Bonchev–Trinajstić information content (AvgIpc) is 3.20. The number of benzene rings is 2. The molecule has 178 valence electrons. The number of thiazole rings is 1. The molecule has 0 bridgehead atoms. The molecule has 0 saturated carbocycles. The van der Waals surface area contributed by atoms with Gasteiger partial charge in [0.25, 0.3) is 0 Å². The molecule has 0 aliphatic carbocycles.